The van der Waals surface area contributed by atoms with Crippen molar-refractivity contribution in [2.24, 2.45) is 0 Å². The quantitative estimate of drug-likeness (QED) is 0.495. The molecule has 3 heterocycles. The molecule has 23 heavy (non-hydrogen) atoms. The number of rotatable bonds is 2. The smallest absolute Gasteiger partial charge is 0.231 e. The van der Waals surface area contributed by atoms with Crippen LogP contribution in [0.15, 0.2) is 35.1 Å². The third-order valence-corrected chi connectivity index (χ3v) is 4.99. The number of ether oxygens (including phenoxy) is 2. The maximum absolute atomic E-state index is 5.52. The van der Waals surface area contributed by atoms with Crippen molar-refractivity contribution in [2.75, 3.05) is 20.4 Å². The van der Waals surface area contributed by atoms with E-state index in [0.29, 0.717) is 6.79 Å². The number of aromatic nitrogens is 1. The average Bonchev–Trinajstić information content (AvgIpc) is 2.94. The van der Waals surface area contributed by atoms with Gasteiger partial charge in [-0.3, -0.25) is 0 Å². The lowest BCUT2D eigenvalue weighted by atomic mass is 9.96. The van der Waals surface area contributed by atoms with Gasteiger partial charge in [-0.1, -0.05) is 0 Å². The Balaban J connectivity index is 0.00000156. The summed E-state index contributed by atoms with van der Waals surface area (Å²) in [4.78, 5) is 4.34. The molecule has 1 atom stereocenters. The summed E-state index contributed by atoms with van der Waals surface area (Å²) < 4.78 is 12.9. The summed E-state index contributed by atoms with van der Waals surface area (Å²) in [6, 6.07) is 8.47. The first-order valence-electron chi connectivity index (χ1n) is 7.47. The Morgan fingerprint density at radius 1 is 1.17 bits per heavy atom. The van der Waals surface area contributed by atoms with Crippen molar-refractivity contribution in [3.8, 4) is 11.5 Å². The highest BCUT2D eigenvalue weighted by Gasteiger charge is 2.31. The molecule has 0 spiro atoms. The van der Waals surface area contributed by atoms with Gasteiger partial charge in [0.25, 0.3) is 0 Å². The van der Waals surface area contributed by atoms with E-state index < -0.39 is 0 Å². The minimum atomic E-state index is 0. The van der Waals surface area contributed by atoms with E-state index in [0.717, 1.165) is 46.6 Å². The summed E-state index contributed by atoms with van der Waals surface area (Å²) in [5.74, 6) is 1.78. The van der Waals surface area contributed by atoms with Gasteiger partial charge in [-0.05, 0) is 45.8 Å². The van der Waals surface area contributed by atoms with Crippen LogP contribution in [0.25, 0.3) is 0 Å². The molecule has 1 aromatic carbocycles. The molecule has 1 aromatic heterocycles. The van der Waals surface area contributed by atoms with Crippen LogP contribution in [0.3, 0.4) is 0 Å². The van der Waals surface area contributed by atoms with Crippen LogP contribution in [0.2, 0.25) is 0 Å². The lowest BCUT2D eigenvalue weighted by molar-refractivity contribution is -0.937. The topological polar surface area (TPSA) is 31.4 Å². The van der Waals surface area contributed by atoms with Crippen LogP contribution in [0.4, 0.5) is 0 Å². The van der Waals surface area contributed by atoms with Gasteiger partial charge in [0.2, 0.25) is 6.79 Å². The zero-order valence-corrected chi connectivity index (χ0v) is 16.1. The Morgan fingerprint density at radius 2 is 1.91 bits per heavy atom. The molecule has 4 rings (SSSR count). The number of halogens is 2. The van der Waals surface area contributed by atoms with Crippen molar-refractivity contribution in [1.82, 2.24) is 4.98 Å². The summed E-state index contributed by atoms with van der Waals surface area (Å²) in [6.45, 7) is 3.48. The van der Waals surface area contributed by atoms with Crippen molar-refractivity contribution in [1.29, 1.82) is 0 Å². The largest absolute Gasteiger partial charge is 1.00 e. The minimum Gasteiger partial charge on any atom is -1.00 e. The zero-order valence-electron chi connectivity index (χ0n) is 12.9. The normalized spacial score (nSPS) is 21.5. The predicted octanol–water partition coefficient (Wildman–Crippen LogP) is 0.280. The van der Waals surface area contributed by atoms with Gasteiger partial charge in [-0.15, -0.1) is 0 Å². The molecule has 1 unspecified atom stereocenters. The van der Waals surface area contributed by atoms with E-state index in [1.54, 1.807) is 0 Å². The molecule has 122 valence electrons. The van der Waals surface area contributed by atoms with Gasteiger partial charge < -0.3 is 30.9 Å². The van der Waals surface area contributed by atoms with Crippen LogP contribution >= 0.6 is 15.9 Å². The van der Waals surface area contributed by atoms with Crippen LogP contribution in [0.5, 0.6) is 11.5 Å². The first-order valence-corrected chi connectivity index (χ1v) is 8.26. The standard InChI is InChI=1S/C17H18BrN2O2.BrH/c1-20(9-12-2-3-17(18)19-8-12)5-4-13-6-15-16(22-11-21-15)7-14(13)10-20;/h2-3,6-8H,4-5,9-11H2,1H3;1H/q+1;/p-1. The van der Waals surface area contributed by atoms with Gasteiger partial charge in [-0.25, -0.2) is 4.98 Å². The highest BCUT2D eigenvalue weighted by molar-refractivity contribution is 9.10. The van der Waals surface area contributed by atoms with E-state index in [1.165, 1.54) is 16.7 Å². The van der Waals surface area contributed by atoms with Crippen LogP contribution in [-0.4, -0.2) is 29.9 Å². The van der Waals surface area contributed by atoms with E-state index in [2.05, 4.69) is 46.2 Å². The van der Waals surface area contributed by atoms with E-state index >= 15 is 0 Å². The monoisotopic (exact) mass is 440 g/mol. The number of quaternary nitrogens is 1. The molecule has 2 aromatic rings. The summed E-state index contributed by atoms with van der Waals surface area (Å²) >= 11 is 3.39. The van der Waals surface area contributed by atoms with E-state index in [-0.39, 0.29) is 17.0 Å². The molecule has 4 nitrogen and oxygen atoms in total. The maximum atomic E-state index is 5.52. The number of hydrogen-bond acceptors (Lipinski definition) is 3. The summed E-state index contributed by atoms with van der Waals surface area (Å²) in [5.41, 5.74) is 4.05. The number of pyridine rings is 1. The van der Waals surface area contributed by atoms with Gasteiger partial charge in [-0.2, -0.15) is 0 Å². The SMILES string of the molecule is C[N+]1(Cc2ccc(Br)nc2)CCc2cc3c(cc2C1)OCO3.[Br-]. The fraction of sp³-hybridized carbons (Fsp3) is 0.353. The fourth-order valence-electron chi connectivity index (χ4n) is 3.36. The molecule has 0 fully saturated rings. The maximum Gasteiger partial charge on any atom is 0.231 e. The summed E-state index contributed by atoms with van der Waals surface area (Å²) in [7, 11) is 2.32. The summed E-state index contributed by atoms with van der Waals surface area (Å²) in [6.07, 6.45) is 3.04. The van der Waals surface area contributed by atoms with E-state index in [1.807, 2.05) is 12.3 Å². The molecule has 6 heteroatoms. The van der Waals surface area contributed by atoms with Crippen molar-refractivity contribution in [2.45, 2.75) is 19.5 Å². The number of fused-ring (bicyclic) bond motifs is 2. The predicted molar refractivity (Wildman–Crippen MR) is 86.7 cm³/mol. The van der Waals surface area contributed by atoms with Crippen molar-refractivity contribution in [3.05, 3.63) is 51.8 Å². The zero-order chi connectivity index (χ0) is 15.2. The highest BCUT2D eigenvalue weighted by Crippen LogP contribution is 2.38. The Labute approximate surface area is 154 Å². The second kappa shape index (κ2) is 6.42. The van der Waals surface area contributed by atoms with Crippen LogP contribution in [0.1, 0.15) is 16.7 Å². The second-order valence-electron chi connectivity index (χ2n) is 6.37. The van der Waals surface area contributed by atoms with Gasteiger partial charge in [0, 0.05) is 23.7 Å². The third-order valence-electron chi connectivity index (χ3n) is 4.52. The first-order chi connectivity index (χ1) is 10.6. The molecule has 0 amide bonds. The molecule has 0 N–H and O–H groups in total. The number of hydrogen-bond donors (Lipinski definition) is 0. The molecule has 0 saturated heterocycles. The number of nitrogens with zero attached hydrogens (tertiary/aromatic N) is 2. The second-order valence-corrected chi connectivity index (χ2v) is 7.19. The van der Waals surface area contributed by atoms with E-state index in [4.69, 9.17) is 9.47 Å². The third kappa shape index (κ3) is 3.39. The minimum absolute atomic E-state index is 0. The van der Waals surface area contributed by atoms with Gasteiger partial charge in [0.05, 0.1) is 13.6 Å². The molecule has 0 aliphatic carbocycles. The Bertz CT molecular complexity index is 721. The van der Waals surface area contributed by atoms with Gasteiger partial charge >= 0.3 is 0 Å². The van der Waals surface area contributed by atoms with Crippen molar-refractivity contribution >= 4 is 15.9 Å². The Hall–Kier alpha value is -1.11. The Morgan fingerprint density at radius 3 is 2.61 bits per heavy atom. The lowest BCUT2D eigenvalue weighted by Crippen LogP contribution is -3.00. The van der Waals surface area contributed by atoms with Crippen LogP contribution in [0, 0.1) is 0 Å². The molecule has 2 aliphatic rings. The van der Waals surface area contributed by atoms with Gasteiger partial charge in [0.1, 0.15) is 17.7 Å². The molecular weight excluding hydrogens is 424 g/mol. The highest BCUT2D eigenvalue weighted by atomic mass is 79.9. The lowest BCUT2D eigenvalue weighted by Gasteiger charge is -2.38. The van der Waals surface area contributed by atoms with Crippen molar-refractivity contribution in [3.63, 3.8) is 0 Å². The molecule has 0 bridgehead atoms. The van der Waals surface area contributed by atoms with Crippen LogP contribution < -0.4 is 26.5 Å². The number of likely N-dealkylation sites (N-methyl/N-ethyl adjacent to an activating group) is 1. The van der Waals surface area contributed by atoms with Crippen LogP contribution in [-0.2, 0) is 19.5 Å². The first kappa shape index (κ1) is 16.7. The van der Waals surface area contributed by atoms with E-state index in [9.17, 15) is 0 Å². The van der Waals surface area contributed by atoms with Crippen molar-refractivity contribution < 1.29 is 30.9 Å². The molecule has 0 radical (unpaired) electrons. The molecular formula is C17H18Br2N2O2. The molecule has 0 saturated carbocycles. The van der Waals surface area contributed by atoms with Gasteiger partial charge in [0.15, 0.2) is 11.5 Å². The fourth-order valence-corrected chi connectivity index (χ4v) is 3.60. The number of benzene rings is 1. The Kier molecular flexibility index (Phi) is 4.67. The summed E-state index contributed by atoms with van der Waals surface area (Å²) in [5, 5.41) is 0. The molecule has 2 aliphatic heterocycles. The average molecular weight is 442 g/mol.